The molecule has 3 aliphatic rings. The summed E-state index contributed by atoms with van der Waals surface area (Å²) in [5.74, 6) is 2.93. The minimum atomic E-state index is 0. The smallest absolute Gasteiger partial charge is 0.229 e. The minimum Gasteiger partial charge on any atom is -0.339 e. The molecule has 22 heavy (non-hydrogen) atoms. The highest BCUT2D eigenvalue weighted by Crippen LogP contribution is 2.40. The fourth-order valence-corrected chi connectivity index (χ4v) is 3.80. The number of nitrogens with zero attached hydrogens (tertiary/aromatic N) is 3. The van der Waals surface area contributed by atoms with Crippen LogP contribution in [-0.4, -0.2) is 47.8 Å². The van der Waals surface area contributed by atoms with E-state index in [1.54, 1.807) is 0 Å². The molecule has 0 radical (unpaired) electrons. The topological polar surface area (TPSA) is 54.2 Å². The summed E-state index contributed by atoms with van der Waals surface area (Å²) in [4.78, 5) is 7.26. The van der Waals surface area contributed by atoms with Gasteiger partial charge in [0.25, 0.3) is 0 Å². The first kappa shape index (κ1) is 16.2. The minimum absolute atomic E-state index is 0. The van der Waals surface area contributed by atoms with Crippen LogP contribution in [0.3, 0.4) is 0 Å². The fourth-order valence-electron chi connectivity index (χ4n) is 3.80. The van der Waals surface area contributed by atoms with Gasteiger partial charge in [0.1, 0.15) is 0 Å². The Labute approximate surface area is 138 Å². The lowest BCUT2D eigenvalue weighted by Gasteiger charge is -2.36. The van der Waals surface area contributed by atoms with Crippen molar-refractivity contribution in [1.29, 1.82) is 0 Å². The number of likely N-dealkylation sites (tertiary alicyclic amines) is 1. The average Bonchev–Trinajstić information content (AvgIpc) is 3.06. The molecule has 3 fully saturated rings. The zero-order valence-electron chi connectivity index (χ0n) is 13.4. The molecule has 0 amide bonds. The average molecular weight is 327 g/mol. The van der Waals surface area contributed by atoms with Crippen molar-refractivity contribution in [3.05, 3.63) is 11.7 Å². The Kier molecular flexibility index (Phi) is 4.76. The Morgan fingerprint density at radius 3 is 2.64 bits per heavy atom. The molecule has 2 aliphatic heterocycles. The molecule has 0 spiro atoms. The van der Waals surface area contributed by atoms with Crippen LogP contribution in [0.1, 0.15) is 62.6 Å². The number of piperidine rings is 1. The van der Waals surface area contributed by atoms with Crippen molar-refractivity contribution < 1.29 is 4.52 Å². The molecule has 3 heterocycles. The van der Waals surface area contributed by atoms with E-state index in [9.17, 15) is 0 Å². The second-order valence-electron chi connectivity index (χ2n) is 7.55. The van der Waals surface area contributed by atoms with Crippen LogP contribution in [0.2, 0.25) is 0 Å². The lowest BCUT2D eigenvalue weighted by Crippen LogP contribution is -2.41. The maximum absolute atomic E-state index is 5.41. The van der Waals surface area contributed by atoms with Gasteiger partial charge in [-0.05, 0) is 57.2 Å². The monoisotopic (exact) mass is 326 g/mol. The molecule has 2 saturated heterocycles. The van der Waals surface area contributed by atoms with Gasteiger partial charge in [0, 0.05) is 24.9 Å². The standard InChI is InChI=1S/C16H26N4O.ClH/c1-16(6-7-17-10-16)11-20-8-4-12(5-9-20)14-18-15(21-19-14)13-2-3-13;/h12-13,17H,2-11H2,1H3;1H. The second kappa shape index (κ2) is 6.46. The van der Waals surface area contributed by atoms with Crippen LogP contribution in [0.25, 0.3) is 0 Å². The number of nitrogens with one attached hydrogen (secondary N) is 1. The van der Waals surface area contributed by atoms with Gasteiger partial charge in [-0.3, -0.25) is 0 Å². The first-order valence-electron chi connectivity index (χ1n) is 8.48. The molecule has 124 valence electrons. The Morgan fingerprint density at radius 2 is 2.00 bits per heavy atom. The summed E-state index contributed by atoms with van der Waals surface area (Å²) in [7, 11) is 0. The second-order valence-corrected chi connectivity index (χ2v) is 7.55. The van der Waals surface area contributed by atoms with Gasteiger partial charge in [-0.1, -0.05) is 12.1 Å². The van der Waals surface area contributed by atoms with Gasteiger partial charge in [0.2, 0.25) is 5.89 Å². The summed E-state index contributed by atoms with van der Waals surface area (Å²) in [5.41, 5.74) is 0.470. The van der Waals surface area contributed by atoms with Gasteiger partial charge >= 0.3 is 0 Å². The van der Waals surface area contributed by atoms with E-state index in [0.29, 0.717) is 17.3 Å². The molecule has 0 aromatic carbocycles. The zero-order chi connectivity index (χ0) is 14.3. The molecule has 1 N–H and O–H groups in total. The molecule has 5 nitrogen and oxygen atoms in total. The van der Waals surface area contributed by atoms with E-state index in [0.717, 1.165) is 11.7 Å². The van der Waals surface area contributed by atoms with Crippen molar-refractivity contribution >= 4 is 12.4 Å². The van der Waals surface area contributed by atoms with E-state index in [1.807, 2.05) is 0 Å². The molecule has 1 aromatic rings. The summed E-state index contributed by atoms with van der Waals surface area (Å²) < 4.78 is 5.41. The molecule has 6 heteroatoms. The maximum Gasteiger partial charge on any atom is 0.229 e. The highest BCUT2D eigenvalue weighted by Gasteiger charge is 2.34. The van der Waals surface area contributed by atoms with Crippen molar-refractivity contribution in [2.45, 2.75) is 50.9 Å². The first-order valence-corrected chi connectivity index (χ1v) is 8.48. The van der Waals surface area contributed by atoms with E-state index < -0.39 is 0 Å². The first-order chi connectivity index (χ1) is 10.2. The SMILES string of the molecule is CC1(CN2CCC(c3noc(C4CC4)n3)CC2)CCNC1.Cl. The number of aromatic nitrogens is 2. The highest BCUT2D eigenvalue weighted by atomic mass is 35.5. The molecular weight excluding hydrogens is 300 g/mol. The Bertz CT molecular complexity index is 488. The van der Waals surface area contributed by atoms with Gasteiger partial charge in [-0.25, -0.2) is 0 Å². The third-order valence-corrected chi connectivity index (χ3v) is 5.40. The van der Waals surface area contributed by atoms with Gasteiger partial charge in [0.15, 0.2) is 5.82 Å². The van der Waals surface area contributed by atoms with Crippen LogP contribution < -0.4 is 5.32 Å². The molecule has 1 unspecified atom stereocenters. The normalized spacial score (nSPS) is 30.4. The van der Waals surface area contributed by atoms with Gasteiger partial charge in [-0.15, -0.1) is 12.4 Å². The number of rotatable bonds is 4. The fraction of sp³-hybridized carbons (Fsp3) is 0.875. The third-order valence-electron chi connectivity index (χ3n) is 5.40. The molecule has 1 atom stereocenters. The summed E-state index contributed by atoms with van der Waals surface area (Å²) in [6.45, 7) is 8.34. The molecule has 1 aromatic heterocycles. The van der Waals surface area contributed by atoms with Gasteiger partial charge in [-0.2, -0.15) is 4.98 Å². The van der Waals surface area contributed by atoms with Gasteiger partial charge < -0.3 is 14.7 Å². The van der Waals surface area contributed by atoms with E-state index in [1.165, 1.54) is 64.8 Å². The maximum atomic E-state index is 5.41. The summed E-state index contributed by atoms with van der Waals surface area (Å²) >= 11 is 0. The molecule has 0 bridgehead atoms. The highest BCUT2D eigenvalue weighted by molar-refractivity contribution is 5.85. The van der Waals surface area contributed by atoms with Crippen molar-refractivity contribution in [2.75, 3.05) is 32.7 Å². The molecule has 1 saturated carbocycles. The zero-order valence-corrected chi connectivity index (χ0v) is 14.2. The van der Waals surface area contributed by atoms with Gasteiger partial charge in [0.05, 0.1) is 0 Å². The summed E-state index contributed by atoms with van der Waals surface area (Å²) in [5, 5.41) is 7.73. The van der Waals surface area contributed by atoms with Crippen molar-refractivity contribution in [1.82, 2.24) is 20.4 Å². The Balaban J connectivity index is 0.00000144. The van der Waals surface area contributed by atoms with E-state index in [-0.39, 0.29) is 12.4 Å². The largest absolute Gasteiger partial charge is 0.339 e. The lowest BCUT2D eigenvalue weighted by atomic mass is 9.87. The lowest BCUT2D eigenvalue weighted by molar-refractivity contribution is 0.142. The summed E-state index contributed by atoms with van der Waals surface area (Å²) in [6, 6.07) is 0. The van der Waals surface area contributed by atoms with Crippen molar-refractivity contribution in [3.8, 4) is 0 Å². The predicted octanol–water partition coefficient (Wildman–Crippen LogP) is 2.55. The van der Waals surface area contributed by atoms with Crippen molar-refractivity contribution in [2.24, 2.45) is 5.41 Å². The van der Waals surface area contributed by atoms with Crippen LogP contribution in [0.5, 0.6) is 0 Å². The van der Waals surface area contributed by atoms with Crippen LogP contribution in [0.15, 0.2) is 4.52 Å². The van der Waals surface area contributed by atoms with Crippen LogP contribution >= 0.6 is 12.4 Å². The molecule has 1 aliphatic carbocycles. The van der Waals surface area contributed by atoms with E-state index in [4.69, 9.17) is 4.52 Å². The Morgan fingerprint density at radius 1 is 1.23 bits per heavy atom. The third kappa shape index (κ3) is 3.47. The number of hydrogen-bond donors (Lipinski definition) is 1. The number of hydrogen-bond acceptors (Lipinski definition) is 5. The van der Waals surface area contributed by atoms with Crippen molar-refractivity contribution in [3.63, 3.8) is 0 Å². The quantitative estimate of drug-likeness (QED) is 0.921. The van der Waals surface area contributed by atoms with E-state index >= 15 is 0 Å². The predicted molar refractivity (Wildman–Crippen MR) is 87.5 cm³/mol. The Hall–Kier alpha value is -0.650. The van der Waals surface area contributed by atoms with E-state index in [2.05, 4.69) is 27.3 Å². The van der Waals surface area contributed by atoms with Crippen LogP contribution in [0.4, 0.5) is 0 Å². The molecular formula is C16H27ClN4O. The van der Waals surface area contributed by atoms with Crippen LogP contribution in [0, 0.1) is 5.41 Å². The number of halogens is 1. The summed E-state index contributed by atoms with van der Waals surface area (Å²) in [6.07, 6.45) is 6.11. The molecule has 4 rings (SSSR count). The van der Waals surface area contributed by atoms with Crippen LogP contribution in [-0.2, 0) is 0 Å².